The van der Waals surface area contributed by atoms with E-state index in [0.29, 0.717) is 5.42 Å². The molecule has 0 radical (unpaired) electrons. The summed E-state index contributed by atoms with van der Waals surface area (Å²) in [7, 11) is 0. The number of hydrogen-bond donors (Lipinski definition) is 1. The van der Waals surface area contributed by atoms with Gasteiger partial charge in [0.2, 0.25) is 5.42 Å². The van der Waals surface area contributed by atoms with E-state index in [1.165, 1.54) is 0 Å². The highest BCUT2D eigenvalue weighted by Crippen LogP contribution is 1.67. The summed E-state index contributed by atoms with van der Waals surface area (Å²) in [5, 5.41) is 10.9. The molecular weight excluding hydrogens is 118 g/mol. The molecule has 0 saturated heterocycles. The van der Waals surface area contributed by atoms with Crippen molar-refractivity contribution in [3.8, 4) is 0 Å². The molecule has 1 aromatic heterocycles. The molecule has 0 amide bonds. The zero-order valence-corrected chi connectivity index (χ0v) is 4.66. The van der Waals surface area contributed by atoms with Crippen LogP contribution in [0.5, 0.6) is 0 Å². The number of nitrogens with one attached hydrogen (secondary N) is 1. The topological polar surface area (TPSA) is 51.0 Å². The van der Waals surface area contributed by atoms with Crippen molar-refractivity contribution < 1.29 is 4.52 Å². The van der Waals surface area contributed by atoms with E-state index in [2.05, 4.69) is 15.7 Å². The molecule has 4 heteroatoms. The van der Waals surface area contributed by atoms with Crippen LogP contribution in [-0.4, -0.2) is 16.9 Å². The van der Waals surface area contributed by atoms with Gasteiger partial charge >= 0.3 is 0 Å². The molecule has 0 aliphatic carbocycles. The lowest BCUT2D eigenvalue weighted by Crippen LogP contribution is -2.31. The van der Waals surface area contributed by atoms with Gasteiger partial charge in [-0.15, -0.1) is 5.10 Å². The Bertz CT molecular complexity index is 283. The van der Waals surface area contributed by atoms with E-state index in [1.807, 2.05) is 6.08 Å². The number of fused-ring (bicyclic) bond motifs is 1. The summed E-state index contributed by atoms with van der Waals surface area (Å²) in [6.07, 6.45) is 3.68. The van der Waals surface area contributed by atoms with E-state index in [9.17, 15) is 0 Å². The van der Waals surface area contributed by atoms with Crippen LogP contribution in [0, 0.1) is 0 Å². The lowest BCUT2D eigenvalue weighted by atomic mass is 10.4. The minimum Gasteiger partial charge on any atom is -0.384 e. The van der Waals surface area contributed by atoms with Gasteiger partial charge in [-0.25, -0.2) is 0 Å². The van der Waals surface area contributed by atoms with Crippen LogP contribution in [0.15, 0.2) is 4.52 Å². The van der Waals surface area contributed by atoms with Crippen LogP contribution in [0.4, 0.5) is 0 Å². The number of nitrogens with zero attached hydrogens (tertiary/aromatic N) is 2. The molecule has 0 saturated carbocycles. The predicted octanol–water partition coefficient (Wildman–Crippen LogP) is -1.81. The fourth-order valence-electron chi connectivity index (χ4n) is 0.753. The van der Waals surface area contributed by atoms with Crippen LogP contribution in [0.3, 0.4) is 0 Å². The maximum absolute atomic E-state index is 4.75. The molecule has 0 fully saturated rings. The predicted molar refractivity (Wildman–Crippen MR) is 30.5 cm³/mol. The first-order valence-electron chi connectivity index (χ1n) is 2.69. The van der Waals surface area contributed by atoms with Crippen molar-refractivity contribution in [2.75, 3.05) is 6.54 Å². The summed E-state index contributed by atoms with van der Waals surface area (Å²) >= 11 is 0. The summed E-state index contributed by atoms with van der Waals surface area (Å²) in [5.41, 5.74) is 0.709. The highest BCUT2D eigenvalue weighted by Gasteiger charge is 1.94. The molecule has 1 aliphatic rings. The highest BCUT2D eigenvalue weighted by molar-refractivity contribution is 5.30. The quantitative estimate of drug-likeness (QED) is 0.442. The van der Waals surface area contributed by atoms with Crippen molar-refractivity contribution in [3.05, 3.63) is 10.8 Å². The van der Waals surface area contributed by atoms with Gasteiger partial charge in [-0.05, 0) is 6.08 Å². The Balaban J connectivity index is 2.89. The molecule has 0 spiro atoms. The number of hydrogen-bond acceptors (Lipinski definition) is 4. The molecule has 4 nitrogen and oxygen atoms in total. The maximum atomic E-state index is 4.75. The fourth-order valence-corrected chi connectivity index (χ4v) is 0.753. The molecule has 0 aromatic carbocycles. The van der Waals surface area contributed by atoms with Gasteiger partial charge in [-0.2, -0.15) is 0 Å². The van der Waals surface area contributed by atoms with Gasteiger partial charge in [0, 0.05) is 18.0 Å². The van der Waals surface area contributed by atoms with E-state index in [0.717, 1.165) is 11.9 Å². The Kier molecular flexibility index (Phi) is 0.798. The lowest BCUT2D eigenvalue weighted by molar-refractivity contribution is 0.370. The molecule has 2 heterocycles. The van der Waals surface area contributed by atoms with Crippen molar-refractivity contribution in [1.82, 2.24) is 15.7 Å². The maximum Gasteiger partial charge on any atom is 0.202 e. The van der Waals surface area contributed by atoms with Gasteiger partial charge in [0.05, 0.1) is 0 Å². The third kappa shape index (κ3) is 0.595. The van der Waals surface area contributed by atoms with Gasteiger partial charge in [0.25, 0.3) is 0 Å². The fraction of sp³-hybridized carbons (Fsp3) is 0.200. The van der Waals surface area contributed by atoms with Gasteiger partial charge < -0.3 is 9.84 Å². The average molecular weight is 123 g/mol. The molecule has 0 bridgehead atoms. The Hall–Kier alpha value is -1.32. The summed E-state index contributed by atoms with van der Waals surface area (Å²) in [6.45, 7) is 0.807. The smallest absolute Gasteiger partial charge is 0.202 e. The Morgan fingerprint density at radius 2 is 2.67 bits per heavy atom. The van der Waals surface area contributed by atoms with Crippen molar-refractivity contribution in [3.63, 3.8) is 0 Å². The van der Waals surface area contributed by atoms with Gasteiger partial charge in [-0.1, -0.05) is 0 Å². The second-order valence-electron chi connectivity index (χ2n) is 1.78. The van der Waals surface area contributed by atoms with E-state index in [4.69, 9.17) is 4.52 Å². The Morgan fingerprint density at radius 3 is 3.56 bits per heavy atom. The van der Waals surface area contributed by atoms with Crippen molar-refractivity contribution in [1.29, 1.82) is 0 Å². The molecule has 9 heavy (non-hydrogen) atoms. The monoisotopic (exact) mass is 123 g/mol. The largest absolute Gasteiger partial charge is 0.384 e. The SMILES string of the molecule is C1=c2nnoc2=CNC1. The van der Waals surface area contributed by atoms with E-state index in [1.54, 1.807) is 6.20 Å². The first-order chi connectivity index (χ1) is 4.47. The third-order valence-corrected chi connectivity index (χ3v) is 1.19. The summed E-state index contributed by atoms with van der Waals surface area (Å²) in [6, 6.07) is 0. The van der Waals surface area contributed by atoms with Crippen LogP contribution in [-0.2, 0) is 0 Å². The standard InChI is InChI=1S/C5H5N3O/c1-2-6-3-5-4(1)7-8-9-5/h1,3,6H,2H2. The second kappa shape index (κ2) is 1.58. The molecule has 0 unspecified atom stereocenters. The zero-order chi connectivity index (χ0) is 6.10. The van der Waals surface area contributed by atoms with Crippen molar-refractivity contribution in [2.24, 2.45) is 0 Å². The van der Waals surface area contributed by atoms with Gasteiger partial charge in [0.1, 0.15) is 5.35 Å². The van der Waals surface area contributed by atoms with Crippen LogP contribution < -0.4 is 16.1 Å². The van der Waals surface area contributed by atoms with Crippen molar-refractivity contribution in [2.45, 2.75) is 0 Å². The summed E-state index contributed by atoms with van der Waals surface area (Å²) < 4.78 is 4.75. The van der Waals surface area contributed by atoms with E-state index < -0.39 is 0 Å². The first kappa shape index (κ1) is 4.55. The molecular formula is C5H5N3O. The normalized spacial score (nSPS) is 14.7. The Labute approximate surface area is 50.8 Å². The molecule has 46 valence electrons. The Morgan fingerprint density at radius 1 is 1.67 bits per heavy atom. The summed E-state index contributed by atoms with van der Waals surface area (Å²) in [4.78, 5) is 0. The molecule has 1 aliphatic heterocycles. The molecule has 0 atom stereocenters. The molecule has 1 N–H and O–H groups in total. The molecule has 2 rings (SSSR count). The minimum absolute atomic E-state index is 0.709. The van der Waals surface area contributed by atoms with Crippen molar-refractivity contribution >= 4 is 12.3 Å². The van der Waals surface area contributed by atoms with Crippen LogP contribution >= 0.6 is 0 Å². The van der Waals surface area contributed by atoms with E-state index in [-0.39, 0.29) is 0 Å². The van der Waals surface area contributed by atoms with Crippen LogP contribution in [0.2, 0.25) is 0 Å². The van der Waals surface area contributed by atoms with Crippen LogP contribution in [0.1, 0.15) is 0 Å². The lowest BCUT2D eigenvalue weighted by Gasteiger charge is -1.92. The zero-order valence-electron chi connectivity index (χ0n) is 4.66. The second-order valence-corrected chi connectivity index (χ2v) is 1.78. The minimum atomic E-state index is 0.709. The third-order valence-electron chi connectivity index (χ3n) is 1.19. The average Bonchev–Trinajstić information content (AvgIpc) is 2.33. The number of aromatic nitrogens is 2. The highest BCUT2D eigenvalue weighted by atomic mass is 16.5. The van der Waals surface area contributed by atoms with Gasteiger partial charge in [-0.3, -0.25) is 0 Å². The molecule has 1 aromatic rings. The first-order valence-corrected chi connectivity index (χ1v) is 2.69. The summed E-state index contributed by atoms with van der Waals surface area (Å²) in [5.74, 6) is 0. The van der Waals surface area contributed by atoms with Crippen LogP contribution in [0.25, 0.3) is 12.3 Å². The van der Waals surface area contributed by atoms with E-state index >= 15 is 0 Å². The van der Waals surface area contributed by atoms with Gasteiger partial charge in [0.15, 0.2) is 0 Å². The number of rotatable bonds is 0.